The average molecular weight is 267 g/mol. The molecule has 0 radical (unpaired) electrons. The van der Waals surface area contributed by atoms with E-state index in [1.807, 2.05) is 0 Å². The van der Waals surface area contributed by atoms with Crippen molar-refractivity contribution in [2.45, 2.75) is 52.5 Å². The van der Waals surface area contributed by atoms with Gasteiger partial charge in [0.15, 0.2) is 0 Å². The summed E-state index contributed by atoms with van der Waals surface area (Å²) >= 11 is 0. The van der Waals surface area contributed by atoms with Crippen molar-refractivity contribution >= 4 is 11.9 Å². The van der Waals surface area contributed by atoms with Gasteiger partial charge in [-0.2, -0.15) is 0 Å². The molecule has 0 aromatic rings. The van der Waals surface area contributed by atoms with Crippen molar-refractivity contribution in [1.29, 1.82) is 0 Å². The minimum Gasteiger partial charge on any atom is -0.481 e. The molecule has 2 aliphatic rings. The van der Waals surface area contributed by atoms with E-state index >= 15 is 0 Å². The number of carboxylic acids is 1. The van der Waals surface area contributed by atoms with Crippen LogP contribution in [-0.2, 0) is 9.59 Å². The number of hydrogen-bond donors (Lipinski definition) is 2. The van der Waals surface area contributed by atoms with E-state index in [0.29, 0.717) is 24.2 Å². The fraction of sp³-hybridized carbons (Fsp3) is 0.867. The topological polar surface area (TPSA) is 66.4 Å². The van der Waals surface area contributed by atoms with Gasteiger partial charge in [0.2, 0.25) is 5.91 Å². The van der Waals surface area contributed by atoms with Crippen molar-refractivity contribution in [2.75, 3.05) is 0 Å². The van der Waals surface area contributed by atoms with E-state index < -0.39 is 11.9 Å². The summed E-state index contributed by atoms with van der Waals surface area (Å²) in [4.78, 5) is 22.9. The summed E-state index contributed by atoms with van der Waals surface area (Å²) in [5.74, 6) is 0.125. The number of carbonyl (C=O) groups excluding carboxylic acids is 1. The molecule has 5 atom stereocenters. The lowest BCUT2D eigenvalue weighted by Crippen LogP contribution is -2.46. The van der Waals surface area contributed by atoms with Crippen LogP contribution in [0, 0.1) is 29.6 Å². The Morgan fingerprint density at radius 2 is 1.84 bits per heavy atom. The van der Waals surface area contributed by atoms with Crippen LogP contribution in [0.15, 0.2) is 0 Å². The number of carboxylic acid groups (broad SMARTS) is 1. The van der Waals surface area contributed by atoms with Crippen LogP contribution in [0.1, 0.15) is 46.5 Å². The molecule has 4 heteroatoms. The predicted octanol–water partition coefficient (Wildman–Crippen LogP) is 2.28. The van der Waals surface area contributed by atoms with Crippen LogP contribution in [0.25, 0.3) is 0 Å². The van der Waals surface area contributed by atoms with Gasteiger partial charge in [0, 0.05) is 6.04 Å². The highest BCUT2D eigenvalue weighted by molar-refractivity contribution is 5.89. The van der Waals surface area contributed by atoms with Crippen molar-refractivity contribution in [2.24, 2.45) is 29.6 Å². The summed E-state index contributed by atoms with van der Waals surface area (Å²) in [6.45, 7) is 6.64. The zero-order valence-corrected chi connectivity index (χ0v) is 12.1. The maximum atomic E-state index is 12.1. The Kier molecular flexibility index (Phi) is 4.16. The van der Waals surface area contributed by atoms with E-state index in [4.69, 9.17) is 5.11 Å². The van der Waals surface area contributed by atoms with Gasteiger partial charge in [-0.15, -0.1) is 0 Å². The van der Waals surface area contributed by atoms with Gasteiger partial charge in [-0.3, -0.25) is 9.59 Å². The first kappa shape index (κ1) is 14.4. The molecule has 0 aromatic carbocycles. The first-order chi connectivity index (χ1) is 8.90. The quantitative estimate of drug-likeness (QED) is 0.821. The summed E-state index contributed by atoms with van der Waals surface area (Å²) in [5, 5.41) is 12.0. The number of amides is 1. The third-order valence-electron chi connectivity index (χ3n) is 4.79. The molecule has 2 aliphatic carbocycles. The van der Waals surface area contributed by atoms with Gasteiger partial charge < -0.3 is 10.4 Å². The summed E-state index contributed by atoms with van der Waals surface area (Å²) in [6.07, 6.45) is 3.93. The largest absolute Gasteiger partial charge is 0.481 e. The zero-order chi connectivity index (χ0) is 14.2. The summed E-state index contributed by atoms with van der Waals surface area (Å²) in [6, 6.07) is 0.228. The smallest absolute Gasteiger partial charge is 0.307 e. The van der Waals surface area contributed by atoms with Crippen LogP contribution in [-0.4, -0.2) is 23.0 Å². The van der Waals surface area contributed by atoms with Crippen molar-refractivity contribution in [1.82, 2.24) is 5.32 Å². The lowest BCUT2D eigenvalue weighted by molar-refractivity contribution is -0.140. The van der Waals surface area contributed by atoms with E-state index in [2.05, 4.69) is 26.1 Å². The second-order valence-corrected chi connectivity index (χ2v) is 6.73. The van der Waals surface area contributed by atoms with Crippen LogP contribution < -0.4 is 5.32 Å². The van der Waals surface area contributed by atoms with Crippen LogP contribution >= 0.6 is 0 Å². The molecule has 108 valence electrons. The van der Waals surface area contributed by atoms with E-state index in [0.717, 1.165) is 12.8 Å². The van der Waals surface area contributed by atoms with Gasteiger partial charge in [-0.1, -0.05) is 27.2 Å². The third-order valence-corrected chi connectivity index (χ3v) is 4.79. The molecular weight excluding hydrogens is 242 g/mol. The number of aliphatic carboxylic acids is 1. The highest BCUT2D eigenvalue weighted by atomic mass is 16.4. The normalized spacial score (nSPS) is 38.0. The van der Waals surface area contributed by atoms with Crippen molar-refractivity contribution in [3.8, 4) is 0 Å². The van der Waals surface area contributed by atoms with Gasteiger partial charge in [-0.05, 0) is 37.0 Å². The lowest BCUT2D eigenvalue weighted by atomic mass is 9.74. The molecule has 5 unspecified atom stereocenters. The maximum absolute atomic E-state index is 12.1. The summed E-state index contributed by atoms with van der Waals surface area (Å²) in [7, 11) is 0. The second kappa shape index (κ2) is 5.51. The van der Waals surface area contributed by atoms with E-state index in [-0.39, 0.29) is 17.9 Å². The summed E-state index contributed by atoms with van der Waals surface area (Å²) < 4.78 is 0. The molecule has 0 aromatic heterocycles. The van der Waals surface area contributed by atoms with Crippen molar-refractivity contribution in [3.63, 3.8) is 0 Å². The Morgan fingerprint density at radius 3 is 2.37 bits per heavy atom. The van der Waals surface area contributed by atoms with E-state index in [1.165, 1.54) is 6.42 Å². The average Bonchev–Trinajstić information content (AvgIpc) is 3.08. The van der Waals surface area contributed by atoms with Gasteiger partial charge in [-0.25, -0.2) is 0 Å². The molecule has 0 heterocycles. The molecule has 2 rings (SSSR count). The van der Waals surface area contributed by atoms with Crippen LogP contribution in [0.5, 0.6) is 0 Å². The van der Waals surface area contributed by atoms with Gasteiger partial charge in [0.05, 0.1) is 11.8 Å². The first-order valence-corrected chi connectivity index (χ1v) is 7.43. The molecule has 1 amide bonds. The molecule has 2 fully saturated rings. The van der Waals surface area contributed by atoms with E-state index in [9.17, 15) is 9.59 Å². The maximum Gasteiger partial charge on any atom is 0.307 e. The monoisotopic (exact) mass is 267 g/mol. The van der Waals surface area contributed by atoms with Gasteiger partial charge >= 0.3 is 5.97 Å². The molecule has 2 N–H and O–H groups in total. The standard InChI is InChI=1S/C15H25NO3/c1-8(2)10-5-4-9(3)6-13(10)16-14(17)11-7-12(11)15(18)19/h8-13H,4-7H2,1-3H3,(H,16,17)(H,18,19). The van der Waals surface area contributed by atoms with Crippen LogP contribution in [0.2, 0.25) is 0 Å². The lowest BCUT2D eigenvalue weighted by Gasteiger charge is -2.37. The number of nitrogens with one attached hydrogen (secondary N) is 1. The molecule has 0 saturated heterocycles. The Bertz CT molecular complexity index is 366. The number of carbonyl (C=O) groups is 2. The molecule has 0 spiro atoms. The van der Waals surface area contributed by atoms with Crippen LogP contribution in [0.3, 0.4) is 0 Å². The molecule has 2 saturated carbocycles. The SMILES string of the molecule is CC1CCC(C(C)C)C(NC(=O)C2CC2C(=O)O)C1. The van der Waals surface area contributed by atoms with Crippen LogP contribution in [0.4, 0.5) is 0 Å². The molecule has 0 bridgehead atoms. The third kappa shape index (κ3) is 3.28. The van der Waals surface area contributed by atoms with Gasteiger partial charge in [0.25, 0.3) is 0 Å². The Hall–Kier alpha value is -1.06. The molecular formula is C15H25NO3. The second-order valence-electron chi connectivity index (χ2n) is 6.73. The first-order valence-electron chi connectivity index (χ1n) is 7.43. The number of rotatable bonds is 4. The molecule has 0 aliphatic heterocycles. The van der Waals surface area contributed by atoms with E-state index in [1.54, 1.807) is 0 Å². The Labute approximate surface area is 115 Å². The highest BCUT2D eigenvalue weighted by Gasteiger charge is 2.49. The highest BCUT2D eigenvalue weighted by Crippen LogP contribution is 2.40. The Balaban J connectivity index is 1.92. The molecule has 4 nitrogen and oxygen atoms in total. The number of hydrogen-bond acceptors (Lipinski definition) is 2. The fourth-order valence-corrected chi connectivity index (χ4v) is 3.42. The molecule has 19 heavy (non-hydrogen) atoms. The minimum absolute atomic E-state index is 0.0443. The van der Waals surface area contributed by atoms with Crippen molar-refractivity contribution < 1.29 is 14.7 Å². The van der Waals surface area contributed by atoms with Gasteiger partial charge in [0.1, 0.15) is 0 Å². The van der Waals surface area contributed by atoms with Crippen molar-refractivity contribution in [3.05, 3.63) is 0 Å². The minimum atomic E-state index is -0.836. The Morgan fingerprint density at radius 1 is 1.16 bits per heavy atom. The summed E-state index contributed by atoms with van der Waals surface area (Å²) in [5.41, 5.74) is 0. The zero-order valence-electron chi connectivity index (χ0n) is 12.1. The fourth-order valence-electron chi connectivity index (χ4n) is 3.42. The predicted molar refractivity (Wildman–Crippen MR) is 72.5 cm³/mol.